The summed E-state index contributed by atoms with van der Waals surface area (Å²) < 4.78 is 5.22. The Bertz CT molecular complexity index is 1400. The van der Waals surface area contributed by atoms with Gasteiger partial charge in [0.05, 0.1) is 18.3 Å². The molecule has 0 aliphatic carbocycles. The fourth-order valence-corrected chi connectivity index (χ4v) is 5.22. The molecule has 1 saturated heterocycles. The fraction of sp³-hybridized carbons (Fsp3) is 0.346. The van der Waals surface area contributed by atoms with Gasteiger partial charge in [0.1, 0.15) is 11.3 Å². The molecule has 1 amide bonds. The number of amides is 1. The topological polar surface area (TPSA) is 112 Å². The highest BCUT2D eigenvalue weighted by Gasteiger charge is 2.35. The molecule has 10 heteroatoms. The number of aromatic nitrogens is 5. The number of carbonyl (C=O) groups excluding carboxylic acids is 1. The summed E-state index contributed by atoms with van der Waals surface area (Å²) in [6.45, 7) is 4.50. The van der Waals surface area contributed by atoms with E-state index in [2.05, 4.69) is 37.5 Å². The Kier molecular flexibility index (Phi) is 5.73. The average molecular weight is 485 g/mol. The number of hydrogen-bond acceptors (Lipinski definition) is 8. The third-order valence-corrected chi connectivity index (χ3v) is 7.23. The van der Waals surface area contributed by atoms with E-state index in [-0.39, 0.29) is 11.9 Å². The zero-order valence-electron chi connectivity index (χ0n) is 20.3. The summed E-state index contributed by atoms with van der Waals surface area (Å²) in [6.07, 6.45) is 3.79. The van der Waals surface area contributed by atoms with Gasteiger partial charge in [0.25, 0.3) is 5.91 Å². The molecule has 6 rings (SSSR count). The van der Waals surface area contributed by atoms with Crippen LogP contribution in [0.3, 0.4) is 0 Å². The van der Waals surface area contributed by atoms with Crippen LogP contribution in [0.15, 0.2) is 48.7 Å². The lowest BCUT2D eigenvalue weighted by atomic mass is 9.96. The lowest BCUT2D eigenvalue weighted by molar-refractivity contribution is 0.0460. The Morgan fingerprint density at radius 3 is 2.83 bits per heavy atom. The first kappa shape index (κ1) is 22.4. The molecule has 0 saturated carbocycles. The van der Waals surface area contributed by atoms with Crippen LogP contribution >= 0.6 is 0 Å². The molecule has 2 atom stereocenters. The summed E-state index contributed by atoms with van der Waals surface area (Å²) >= 11 is 0. The summed E-state index contributed by atoms with van der Waals surface area (Å²) in [4.78, 5) is 27.0. The molecular formula is C26H28N8O2. The Labute approximate surface area is 208 Å². The van der Waals surface area contributed by atoms with Crippen LogP contribution < -0.4 is 10.1 Å². The van der Waals surface area contributed by atoms with Crippen LogP contribution in [0.5, 0.6) is 5.75 Å². The minimum atomic E-state index is 0.0515. The average Bonchev–Trinajstić information content (AvgIpc) is 3.55. The van der Waals surface area contributed by atoms with Crippen LogP contribution in [-0.2, 0) is 13.1 Å². The number of H-pyrrole nitrogens is 1. The molecule has 0 bridgehead atoms. The number of aromatic amines is 1. The number of benzene rings is 2. The standard InChI is InChI=1S/C26H28N8O2/c1-16-11-20(9-10-34(16)25(35)17-3-8-22-23(12-17)31-32-30-22)33-14-18-13-27-26(29-24(18)15-33)28-19-4-6-21(36-2)7-5-19/h3-8,12-13,16,20H,9-11,14-15H2,1-2H3,(H,27,28,29)(H,30,31,32)/t16-,20-/m1/s1. The van der Waals surface area contributed by atoms with Crippen molar-refractivity contribution >= 4 is 28.6 Å². The van der Waals surface area contributed by atoms with Crippen LogP contribution in [0.4, 0.5) is 11.6 Å². The molecule has 2 aromatic heterocycles. The fourth-order valence-electron chi connectivity index (χ4n) is 5.22. The van der Waals surface area contributed by atoms with E-state index in [0.29, 0.717) is 23.1 Å². The monoisotopic (exact) mass is 484 g/mol. The minimum absolute atomic E-state index is 0.0515. The summed E-state index contributed by atoms with van der Waals surface area (Å²) in [5, 5.41) is 14.0. The van der Waals surface area contributed by atoms with Crippen LogP contribution in [0.25, 0.3) is 11.0 Å². The molecule has 4 aromatic rings. The van der Waals surface area contributed by atoms with Gasteiger partial charge in [0, 0.05) is 54.7 Å². The second-order valence-electron chi connectivity index (χ2n) is 9.49. The number of methoxy groups -OCH3 is 1. The number of ether oxygens (including phenoxy) is 1. The Balaban J connectivity index is 1.09. The molecule has 1 fully saturated rings. The van der Waals surface area contributed by atoms with Crippen molar-refractivity contribution in [2.75, 3.05) is 19.0 Å². The molecule has 2 aliphatic rings. The molecule has 10 nitrogen and oxygen atoms in total. The molecule has 0 unspecified atom stereocenters. The summed E-state index contributed by atoms with van der Waals surface area (Å²) in [6, 6.07) is 13.8. The second-order valence-corrected chi connectivity index (χ2v) is 9.49. The largest absolute Gasteiger partial charge is 0.497 e. The van der Waals surface area contributed by atoms with Crippen LogP contribution in [0.2, 0.25) is 0 Å². The van der Waals surface area contributed by atoms with Crippen molar-refractivity contribution < 1.29 is 9.53 Å². The number of carbonyl (C=O) groups is 1. The molecule has 0 radical (unpaired) electrons. The van der Waals surface area contributed by atoms with Crippen molar-refractivity contribution in [1.82, 2.24) is 35.2 Å². The first-order chi connectivity index (χ1) is 17.6. The number of rotatable bonds is 5. The molecule has 2 aromatic carbocycles. The van der Waals surface area contributed by atoms with E-state index in [9.17, 15) is 4.79 Å². The van der Waals surface area contributed by atoms with Gasteiger partial charge in [-0.1, -0.05) is 5.21 Å². The predicted molar refractivity (Wildman–Crippen MR) is 135 cm³/mol. The van der Waals surface area contributed by atoms with E-state index in [1.54, 1.807) is 7.11 Å². The zero-order valence-corrected chi connectivity index (χ0v) is 20.3. The SMILES string of the molecule is COc1ccc(Nc2ncc3c(n2)CN([C@@H]2CCN(C(=O)c4ccc5[nH]nnc5c4)[C@H](C)C2)C3)cc1. The highest BCUT2D eigenvalue weighted by atomic mass is 16.5. The predicted octanol–water partition coefficient (Wildman–Crippen LogP) is 3.51. The van der Waals surface area contributed by atoms with Gasteiger partial charge in [-0.15, -0.1) is 5.10 Å². The normalized spacial score (nSPS) is 19.9. The van der Waals surface area contributed by atoms with E-state index in [0.717, 1.165) is 55.1 Å². The van der Waals surface area contributed by atoms with Gasteiger partial charge in [0.15, 0.2) is 0 Å². The van der Waals surface area contributed by atoms with Crippen molar-refractivity contribution in [1.29, 1.82) is 0 Å². The van der Waals surface area contributed by atoms with Crippen LogP contribution in [-0.4, -0.2) is 66.8 Å². The third-order valence-electron chi connectivity index (χ3n) is 7.23. The first-order valence-electron chi connectivity index (χ1n) is 12.2. The Morgan fingerprint density at radius 2 is 2.03 bits per heavy atom. The minimum Gasteiger partial charge on any atom is -0.497 e. The summed E-state index contributed by atoms with van der Waals surface area (Å²) in [7, 11) is 1.65. The molecule has 0 spiro atoms. The molecule has 4 heterocycles. The second kappa shape index (κ2) is 9.19. The quantitative estimate of drug-likeness (QED) is 0.443. The number of fused-ring (bicyclic) bond motifs is 2. The van der Waals surface area contributed by atoms with Gasteiger partial charge < -0.3 is 15.0 Å². The Morgan fingerprint density at radius 1 is 1.17 bits per heavy atom. The maximum atomic E-state index is 13.2. The van der Waals surface area contributed by atoms with Crippen LogP contribution in [0, 0.1) is 0 Å². The first-order valence-corrected chi connectivity index (χ1v) is 12.2. The van der Waals surface area contributed by atoms with Crippen molar-refractivity contribution in [3.8, 4) is 5.75 Å². The van der Waals surface area contributed by atoms with Gasteiger partial charge in [-0.05, 0) is 62.2 Å². The van der Waals surface area contributed by atoms with E-state index in [1.165, 1.54) is 5.56 Å². The van der Waals surface area contributed by atoms with Crippen molar-refractivity contribution in [3.05, 3.63) is 65.5 Å². The van der Waals surface area contributed by atoms with Gasteiger partial charge in [-0.3, -0.25) is 14.8 Å². The lowest BCUT2D eigenvalue weighted by Gasteiger charge is -2.41. The van der Waals surface area contributed by atoms with E-state index >= 15 is 0 Å². The molecule has 2 aliphatic heterocycles. The highest BCUT2D eigenvalue weighted by molar-refractivity contribution is 5.97. The molecular weight excluding hydrogens is 456 g/mol. The summed E-state index contributed by atoms with van der Waals surface area (Å²) in [5.74, 6) is 1.46. The maximum Gasteiger partial charge on any atom is 0.254 e. The third kappa shape index (κ3) is 4.24. The number of nitrogens with zero attached hydrogens (tertiary/aromatic N) is 6. The maximum absolute atomic E-state index is 13.2. The van der Waals surface area contributed by atoms with E-state index < -0.39 is 0 Å². The Hall–Kier alpha value is -4.05. The van der Waals surface area contributed by atoms with Crippen LogP contribution in [0.1, 0.15) is 41.4 Å². The van der Waals surface area contributed by atoms with Gasteiger partial charge in [-0.2, -0.15) is 0 Å². The number of anilines is 2. The molecule has 36 heavy (non-hydrogen) atoms. The van der Waals surface area contributed by atoms with Gasteiger partial charge in [0.2, 0.25) is 5.95 Å². The van der Waals surface area contributed by atoms with E-state index in [4.69, 9.17) is 9.72 Å². The number of nitrogens with one attached hydrogen (secondary N) is 2. The number of likely N-dealkylation sites (tertiary alicyclic amines) is 1. The smallest absolute Gasteiger partial charge is 0.254 e. The molecule has 184 valence electrons. The highest BCUT2D eigenvalue weighted by Crippen LogP contribution is 2.31. The lowest BCUT2D eigenvalue weighted by Crippen LogP contribution is -2.50. The van der Waals surface area contributed by atoms with E-state index in [1.807, 2.05) is 53.6 Å². The number of hydrogen-bond donors (Lipinski definition) is 2. The number of piperidine rings is 1. The van der Waals surface area contributed by atoms with Crippen molar-refractivity contribution in [2.24, 2.45) is 0 Å². The van der Waals surface area contributed by atoms with Crippen molar-refractivity contribution in [3.63, 3.8) is 0 Å². The zero-order chi connectivity index (χ0) is 24.6. The van der Waals surface area contributed by atoms with Gasteiger partial charge in [-0.25, -0.2) is 9.97 Å². The van der Waals surface area contributed by atoms with Crippen molar-refractivity contribution in [2.45, 2.75) is 44.9 Å². The molecule has 2 N–H and O–H groups in total. The summed E-state index contributed by atoms with van der Waals surface area (Å²) in [5.41, 5.74) is 5.34. The van der Waals surface area contributed by atoms with Gasteiger partial charge >= 0.3 is 0 Å².